The minimum Gasteiger partial charge on any atom is -0.396 e. The minimum absolute atomic E-state index is 0.291. The average Bonchev–Trinajstić information content (AvgIpc) is 2.27. The van der Waals surface area contributed by atoms with Crippen molar-refractivity contribution in [3.05, 3.63) is 29.8 Å². The molecule has 1 aromatic rings. The van der Waals surface area contributed by atoms with Gasteiger partial charge in [-0.2, -0.15) is 0 Å². The summed E-state index contributed by atoms with van der Waals surface area (Å²) >= 11 is 0. The zero-order valence-corrected chi connectivity index (χ0v) is 8.51. The van der Waals surface area contributed by atoms with Crippen LogP contribution in [0.15, 0.2) is 18.2 Å². The fourth-order valence-corrected chi connectivity index (χ4v) is 1.86. The van der Waals surface area contributed by atoms with E-state index in [0.29, 0.717) is 12.1 Å². The Morgan fingerprint density at radius 2 is 2.44 bits per heavy atom. The highest BCUT2D eigenvalue weighted by molar-refractivity contribution is 6.16. The Morgan fingerprint density at radius 1 is 1.69 bits per heavy atom. The number of carbonyl (C=O) groups is 2. The van der Waals surface area contributed by atoms with Crippen molar-refractivity contribution in [2.75, 3.05) is 11.5 Å². The molecule has 0 aromatic heterocycles. The van der Waals surface area contributed by atoms with Gasteiger partial charge in [0.2, 0.25) is 5.91 Å². The van der Waals surface area contributed by atoms with E-state index in [9.17, 15) is 9.59 Å². The summed E-state index contributed by atoms with van der Waals surface area (Å²) in [6.45, 7) is -0.291. The van der Waals surface area contributed by atoms with Crippen LogP contribution in [0.2, 0.25) is 0 Å². The minimum atomic E-state index is -0.830. The molecule has 1 aliphatic rings. The van der Waals surface area contributed by atoms with E-state index in [1.54, 1.807) is 18.2 Å². The van der Waals surface area contributed by atoms with E-state index in [1.807, 2.05) is 0 Å². The van der Waals surface area contributed by atoms with Gasteiger partial charge in [-0.1, -0.05) is 12.1 Å². The maximum absolute atomic E-state index is 11.8. The number of hydrogen-bond donors (Lipinski definition) is 2. The summed E-state index contributed by atoms with van der Waals surface area (Å²) in [6.07, 6.45) is 0.420. The molecule has 5 nitrogen and oxygen atoms in total. The lowest BCUT2D eigenvalue weighted by molar-refractivity contribution is -0.123. The second-order valence-electron chi connectivity index (χ2n) is 3.65. The van der Waals surface area contributed by atoms with E-state index in [-0.39, 0.29) is 6.61 Å². The third kappa shape index (κ3) is 1.55. The number of aliphatic hydroxyl groups excluding tert-OH is 1. The van der Waals surface area contributed by atoms with Crippen LogP contribution in [0.1, 0.15) is 5.56 Å². The molecular weight excluding hydrogens is 208 g/mol. The normalized spacial score (nSPS) is 19.4. The van der Waals surface area contributed by atoms with Crippen LogP contribution in [0.4, 0.5) is 10.5 Å². The maximum atomic E-state index is 11.8. The molecule has 0 bridgehead atoms. The first-order valence-corrected chi connectivity index (χ1v) is 4.88. The molecule has 2 rings (SSSR count). The topological polar surface area (TPSA) is 83.6 Å². The molecule has 83 valence electrons. The molecule has 5 heteroatoms. The van der Waals surface area contributed by atoms with Gasteiger partial charge in [-0.05, 0) is 24.1 Å². The number of urea groups is 1. The molecule has 1 atom stereocenters. The summed E-state index contributed by atoms with van der Waals surface area (Å²) in [5.41, 5.74) is 6.44. The molecule has 0 fully saturated rings. The number of aliphatic hydroxyl groups is 1. The van der Waals surface area contributed by atoms with Gasteiger partial charge in [0.25, 0.3) is 0 Å². The highest BCUT2D eigenvalue weighted by atomic mass is 16.3. The van der Waals surface area contributed by atoms with Crippen LogP contribution in [-0.2, 0) is 11.2 Å². The van der Waals surface area contributed by atoms with Crippen LogP contribution >= 0.6 is 0 Å². The number of imide groups is 1. The lowest BCUT2D eigenvalue weighted by atomic mass is 9.92. The molecule has 0 saturated carbocycles. The van der Waals surface area contributed by atoms with Crippen LogP contribution < -0.4 is 10.6 Å². The molecular formula is C11H11N2O3. The molecule has 1 heterocycles. The predicted octanol–water partition coefficient (Wildman–Crippen LogP) is 0.0631. The Labute approximate surface area is 92.5 Å². The number of rotatable bonds is 1. The van der Waals surface area contributed by atoms with Gasteiger partial charge in [0, 0.05) is 0 Å². The monoisotopic (exact) mass is 219 g/mol. The number of amides is 3. The van der Waals surface area contributed by atoms with E-state index in [4.69, 9.17) is 10.8 Å². The SMILES string of the molecule is NC(=O)N1C(=O)C(CO)Cc2cc[c]cc21. The first-order valence-electron chi connectivity index (χ1n) is 4.88. The van der Waals surface area contributed by atoms with E-state index >= 15 is 0 Å². The Bertz CT molecular complexity index is 445. The summed E-state index contributed by atoms with van der Waals surface area (Å²) < 4.78 is 0. The van der Waals surface area contributed by atoms with E-state index in [1.165, 1.54) is 0 Å². The lowest BCUT2D eigenvalue weighted by Crippen LogP contribution is -2.48. The van der Waals surface area contributed by atoms with Gasteiger partial charge >= 0.3 is 6.03 Å². The molecule has 1 aromatic carbocycles. The van der Waals surface area contributed by atoms with Crippen molar-refractivity contribution in [1.82, 2.24) is 0 Å². The van der Waals surface area contributed by atoms with Crippen LogP contribution in [0.3, 0.4) is 0 Å². The fourth-order valence-electron chi connectivity index (χ4n) is 1.86. The number of nitrogens with two attached hydrogens (primary N) is 1. The van der Waals surface area contributed by atoms with Crippen LogP contribution in [0.5, 0.6) is 0 Å². The van der Waals surface area contributed by atoms with Gasteiger partial charge in [0.15, 0.2) is 0 Å². The molecule has 0 saturated heterocycles. The average molecular weight is 219 g/mol. The third-order valence-electron chi connectivity index (χ3n) is 2.65. The smallest absolute Gasteiger partial charge is 0.326 e. The van der Waals surface area contributed by atoms with Crippen LogP contribution in [0.25, 0.3) is 0 Å². The first-order chi connectivity index (χ1) is 7.65. The van der Waals surface area contributed by atoms with E-state index in [2.05, 4.69) is 6.07 Å². The molecule has 1 aliphatic heterocycles. The zero-order valence-electron chi connectivity index (χ0n) is 8.51. The van der Waals surface area contributed by atoms with Gasteiger partial charge in [-0.25, -0.2) is 9.69 Å². The summed E-state index contributed by atoms with van der Waals surface area (Å²) in [4.78, 5) is 23.9. The highest BCUT2D eigenvalue weighted by Crippen LogP contribution is 2.29. The summed E-state index contributed by atoms with van der Waals surface area (Å²) in [5.74, 6) is -1.05. The molecule has 3 N–H and O–H groups in total. The van der Waals surface area contributed by atoms with Crippen molar-refractivity contribution in [2.45, 2.75) is 6.42 Å². The van der Waals surface area contributed by atoms with Crippen LogP contribution in [0, 0.1) is 12.0 Å². The van der Waals surface area contributed by atoms with Crippen molar-refractivity contribution in [3.8, 4) is 0 Å². The largest absolute Gasteiger partial charge is 0.396 e. The quantitative estimate of drug-likeness (QED) is 0.700. The summed E-state index contributed by atoms with van der Waals surface area (Å²) in [7, 11) is 0. The Morgan fingerprint density at radius 3 is 3.06 bits per heavy atom. The third-order valence-corrected chi connectivity index (χ3v) is 2.65. The number of benzene rings is 1. The number of primary amides is 1. The van der Waals surface area contributed by atoms with Crippen LogP contribution in [-0.4, -0.2) is 23.7 Å². The Kier molecular flexibility index (Phi) is 2.62. The predicted molar refractivity (Wildman–Crippen MR) is 56.6 cm³/mol. The van der Waals surface area contributed by atoms with Gasteiger partial charge in [-0.15, -0.1) is 0 Å². The summed E-state index contributed by atoms with van der Waals surface area (Å²) in [5, 5.41) is 9.08. The van der Waals surface area contributed by atoms with Crippen molar-refractivity contribution in [2.24, 2.45) is 11.7 Å². The van der Waals surface area contributed by atoms with E-state index in [0.717, 1.165) is 10.5 Å². The first kappa shape index (κ1) is 10.6. The van der Waals surface area contributed by atoms with Gasteiger partial charge in [0.05, 0.1) is 18.2 Å². The van der Waals surface area contributed by atoms with Gasteiger partial charge in [-0.3, -0.25) is 4.79 Å². The molecule has 16 heavy (non-hydrogen) atoms. The standard InChI is InChI=1S/C11H11N2O3/c12-11(16)13-9-4-2-1-3-7(9)5-8(6-14)10(13)15/h1,3-4,8,14H,5-6H2,(H2,12,16). The number of hydrogen-bond acceptors (Lipinski definition) is 3. The Balaban J connectivity index is 2.50. The fraction of sp³-hybridized carbons (Fsp3) is 0.273. The molecule has 0 aliphatic carbocycles. The van der Waals surface area contributed by atoms with Crippen molar-refractivity contribution in [3.63, 3.8) is 0 Å². The lowest BCUT2D eigenvalue weighted by Gasteiger charge is -2.30. The van der Waals surface area contributed by atoms with Crippen molar-refractivity contribution < 1.29 is 14.7 Å². The second-order valence-corrected chi connectivity index (χ2v) is 3.65. The Hall–Kier alpha value is -1.88. The number of anilines is 1. The van der Waals surface area contributed by atoms with E-state index < -0.39 is 17.9 Å². The summed E-state index contributed by atoms with van der Waals surface area (Å²) in [6, 6.07) is 6.97. The maximum Gasteiger partial charge on any atom is 0.326 e. The zero-order chi connectivity index (χ0) is 11.7. The number of nitrogens with zero attached hydrogens (tertiary/aromatic N) is 1. The molecule has 3 amide bonds. The van der Waals surface area contributed by atoms with Gasteiger partial charge in [0.1, 0.15) is 0 Å². The van der Waals surface area contributed by atoms with Crippen molar-refractivity contribution >= 4 is 17.6 Å². The number of carbonyl (C=O) groups excluding carboxylic acids is 2. The molecule has 1 radical (unpaired) electrons. The number of fused-ring (bicyclic) bond motifs is 1. The van der Waals surface area contributed by atoms with Gasteiger partial charge < -0.3 is 10.8 Å². The highest BCUT2D eigenvalue weighted by Gasteiger charge is 2.34. The van der Waals surface area contributed by atoms with Crippen molar-refractivity contribution in [1.29, 1.82) is 0 Å². The molecule has 1 unspecified atom stereocenters. The second kappa shape index (κ2) is 3.94. The molecule has 0 spiro atoms.